The van der Waals surface area contributed by atoms with Crippen LogP contribution in [0.1, 0.15) is 5.69 Å². The minimum atomic E-state index is -4.25. The van der Waals surface area contributed by atoms with Gasteiger partial charge in [-0.1, -0.05) is 0 Å². The van der Waals surface area contributed by atoms with Gasteiger partial charge in [0.15, 0.2) is 0 Å². The first kappa shape index (κ1) is 12.8. The number of alkyl halides is 3. The Morgan fingerprint density at radius 1 is 1.22 bits per heavy atom. The van der Waals surface area contributed by atoms with Crippen LogP contribution in [0.25, 0.3) is 0 Å². The molecule has 0 aliphatic rings. The Bertz CT molecular complexity index is 479. The molecule has 2 N–H and O–H groups in total. The second kappa shape index (κ2) is 5.34. The Hall–Kier alpha value is -1.63. The molecular formula is C11H10F3N3S. The van der Waals surface area contributed by atoms with Crippen LogP contribution in [0.15, 0.2) is 41.7 Å². The maximum absolute atomic E-state index is 12.1. The van der Waals surface area contributed by atoms with Gasteiger partial charge in [-0.3, -0.25) is 0 Å². The summed E-state index contributed by atoms with van der Waals surface area (Å²) in [4.78, 5) is 6.96. The molecule has 18 heavy (non-hydrogen) atoms. The standard InChI is InChI=1S/C11H10F3N3S/c12-11(13,14)18-10-3-1-8(2-4-10)16-6-9-5-15-7-17-9/h1-5,7,16H,6H2,(H,15,17). The molecule has 3 nitrogen and oxygen atoms in total. The van der Waals surface area contributed by atoms with Crippen molar-refractivity contribution in [1.82, 2.24) is 9.97 Å². The molecule has 0 bridgehead atoms. The lowest BCUT2D eigenvalue weighted by molar-refractivity contribution is -0.0328. The van der Waals surface area contributed by atoms with Crippen molar-refractivity contribution in [2.24, 2.45) is 0 Å². The van der Waals surface area contributed by atoms with Crippen LogP contribution in [0, 0.1) is 0 Å². The van der Waals surface area contributed by atoms with E-state index in [0.29, 0.717) is 6.54 Å². The summed E-state index contributed by atoms with van der Waals surface area (Å²) in [6.07, 6.45) is 3.25. The van der Waals surface area contributed by atoms with Gasteiger partial charge in [0.1, 0.15) is 0 Å². The highest BCUT2D eigenvalue weighted by Gasteiger charge is 2.28. The Morgan fingerprint density at radius 2 is 1.94 bits per heavy atom. The number of nitrogens with zero attached hydrogens (tertiary/aromatic N) is 1. The van der Waals surface area contributed by atoms with Crippen molar-refractivity contribution < 1.29 is 13.2 Å². The summed E-state index contributed by atoms with van der Waals surface area (Å²) in [5.41, 5.74) is -2.58. The summed E-state index contributed by atoms with van der Waals surface area (Å²) >= 11 is -0.119. The normalized spacial score (nSPS) is 11.5. The molecule has 0 saturated heterocycles. The molecule has 7 heteroatoms. The fourth-order valence-electron chi connectivity index (χ4n) is 1.35. The molecule has 2 aromatic rings. The first-order chi connectivity index (χ1) is 8.53. The number of hydrogen-bond acceptors (Lipinski definition) is 3. The van der Waals surface area contributed by atoms with Crippen molar-refractivity contribution in [3.8, 4) is 0 Å². The largest absolute Gasteiger partial charge is 0.446 e. The summed E-state index contributed by atoms with van der Waals surface area (Å²) in [5, 5.41) is 3.08. The highest BCUT2D eigenvalue weighted by atomic mass is 32.2. The predicted octanol–water partition coefficient (Wildman–Crippen LogP) is 3.63. The molecule has 0 atom stereocenters. The van der Waals surface area contributed by atoms with Crippen molar-refractivity contribution >= 4 is 17.4 Å². The van der Waals surface area contributed by atoms with E-state index in [1.54, 1.807) is 24.7 Å². The third-order valence-corrected chi connectivity index (χ3v) is 2.87. The third kappa shape index (κ3) is 3.99. The van der Waals surface area contributed by atoms with E-state index in [1.807, 2.05) is 0 Å². The van der Waals surface area contributed by atoms with Crippen LogP contribution < -0.4 is 5.32 Å². The quantitative estimate of drug-likeness (QED) is 0.836. The van der Waals surface area contributed by atoms with Gasteiger partial charge < -0.3 is 10.3 Å². The maximum Gasteiger partial charge on any atom is 0.446 e. The topological polar surface area (TPSA) is 40.7 Å². The minimum Gasteiger partial charge on any atom is -0.379 e. The molecule has 2 rings (SSSR count). The Kier molecular flexibility index (Phi) is 3.81. The number of thioether (sulfide) groups is 1. The Morgan fingerprint density at radius 3 is 2.50 bits per heavy atom. The molecule has 0 spiro atoms. The van der Waals surface area contributed by atoms with Gasteiger partial charge in [0.25, 0.3) is 0 Å². The van der Waals surface area contributed by atoms with E-state index in [9.17, 15) is 13.2 Å². The van der Waals surface area contributed by atoms with E-state index in [1.165, 1.54) is 12.1 Å². The maximum atomic E-state index is 12.1. The molecule has 1 aromatic carbocycles. The van der Waals surface area contributed by atoms with Crippen molar-refractivity contribution in [1.29, 1.82) is 0 Å². The lowest BCUT2D eigenvalue weighted by Crippen LogP contribution is -2.00. The third-order valence-electron chi connectivity index (χ3n) is 2.13. The van der Waals surface area contributed by atoms with Gasteiger partial charge in [-0.15, -0.1) is 0 Å². The van der Waals surface area contributed by atoms with E-state index in [-0.39, 0.29) is 16.7 Å². The van der Waals surface area contributed by atoms with E-state index >= 15 is 0 Å². The van der Waals surface area contributed by atoms with Gasteiger partial charge in [-0.2, -0.15) is 13.2 Å². The summed E-state index contributed by atoms with van der Waals surface area (Å²) in [6.45, 7) is 0.547. The predicted molar refractivity (Wildman–Crippen MR) is 64.3 cm³/mol. The molecule has 0 unspecified atom stereocenters. The van der Waals surface area contributed by atoms with Crippen LogP contribution in [0.4, 0.5) is 18.9 Å². The van der Waals surface area contributed by atoms with Crippen molar-refractivity contribution in [2.75, 3.05) is 5.32 Å². The summed E-state index contributed by atoms with van der Waals surface area (Å²) in [7, 11) is 0. The van der Waals surface area contributed by atoms with Crippen molar-refractivity contribution in [3.05, 3.63) is 42.5 Å². The van der Waals surface area contributed by atoms with Gasteiger partial charge >= 0.3 is 5.51 Å². The lowest BCUT2D eigenvalue weighted by atomic mass is 10.3. The number of anilines is 1. The molecule has 1 heterocycles. The molecule has 0 aliphatic carbocycles. The van der Waals surface area contributed by atoms with Crippen LogP contribution in [0.5, 0.6) is 0 Å². The van der Waals surface area contributed by atoms with Crippen LogP contribution in [-0.4, -0.2) is 15.5 Å². The number of imidazole rings is 1. The first-order valence-corrected chi connectivity index (χ1v) is 5.91. The minimum absolute atomic E-state index is 0.119. The number of hydrogen-bond donors (Lipinski definition) is 2. The van der Waals surface area contributed by atoms with E-state index in [0.717, 1.165) is 11.4 Å². The van der Waals surface area contributed by atoms with Crippen molar-refractivity contribution in [3.63, 3.8) is 0 Å². The molecular weight excluding hydrogens is 263 g/mol. The lowest BCUT2D eigenvalue weighted by Gasteiger charge is -2.07. The summed E-state index contributed by atoms with van der Waals surface area (Å²) in [6, 6.07) is 6.11. The zero-order valence-electron chi connectivity index (χ0n) is 9.16. The zero-order chi connectivity index (χ0) is 13.0. The number of nitrogens with one attached hydrogen (secondary N) is 2. The number of halogens is 3. The number of aromatic nitrogens is 2. The number of rotatable bonds is 4. The fraction of sp³-hybridized carbons (Fsp3) is 0.182. The smallest absolute Gasteiger partial charge is 0.379 e. The van der Waals surface area contributed by atoms with E-state index < -0.39 is 5.51 Å². The molecule has 0 amide bonds. The van der Waals surface area contributed by atoms with E-state index in [2.05, 4.69) is 15.3 Å². The SMILES string of the molecule is FC(F)(F)Sc1ccc(NCc2cnc[nH]2)cc1. The summed E-state index contributed by atoms with van der Waals surface area (Å²) < 4.78 is 36.3. The number of aromatic amines is 1. The van der Waals surface area contributed by atoms with Crippen LogP contribution in [-0.2, 0) is 6.54 Å². The zero-order valence-corrected chi connectivity index (χ0v) is 9.98. The average molecular weight is 273 g/mol. The molecule has 0 saturated carbocycles. The fourth-order valence-corrected chi connectivity index (χ4v) is 1.89. The average Bonchev–Trinajstić information content (AvgIpc) is 2.79. The van der Waals surface area contributed by atoms with Crippen LogP contribution in [0.3, 0.4) is 0 Å². The highest BCUT2D eigenvalue weighted by molar-refractivity contribution is 8.00. The summed E-state index contributed by atoms with van der Waals surface area (Å²) in [5.74, 6) is 0. The molecule has 0 fully saturated rings. The van der Waals surface area contributed by atoms with Gasteiger partial charge in [0.05, 0.1) is 18.6 Å². The molecule has 96 valence electrons. The number of benzene rings is 1. The van der Waals surface area contributed by atoms with Gasteiger partial charge in [-0.25, -0.2) is 4.98 Å². The van der Waals surface area contributed by atoms with Gasteiger partial charge in [-0.05, 0) is 36.0 Å². The second-order valence-electron chi connectivity index (χ2n) is 3.50. The first-order valence-electron chi connectivity index (χ1n) is 5.10. The van der Waals surface area contributed by atoms with E-state index in [4.69, 9.17) is 0 Å². The van der Waals surface area contributed by atoms with Crippen LogP contribution >= 0.6 is 11.8 Å². The van der Waals surface area contributed by atoms with Crippen LogP contribution in [0.2, 0.25) is 0 Å². The molecule has 0 aliphatic heterocycles. The monoisotopic (exact) mass is 273 g/mol. The van der Waals surface area contributed by atoms with Gasteiger partial charge in [0.2, 0.25) is 0 Å². The Balaban J connectivity index is 1.91. The molecule has 0 radical (unpaired) electrons. The Labute approximate surface area is 106 Å². The van der Waals surface area contributed by atoms with Crippen molar-refractivity contribution in [2.45, 2.75) is 16.9 Å². The second-order valence-corrected chi connectivity index (χ2v) is 4.64. The van der Waals surface area contributed by atoms with Gasteiger partial charge in [0, 0.05) is 16.8 Å². The number of H-pyrrole nitrogens is 1. The highest BCUT2D eigenvalue weighted by Crippen LogP contribution is 2.36. The molecule has 1 aromatic heterocycles.